The van der Waals surface area contributed by atoms with Crippen molar-refractivity contribution in [3.8, 4) is 11.1 Å². The van der Waals surface area contributed by atoms with Crippen molar-refractivity contribution in [2.45, 2.75) is 58.4 Å². The Labute approximate surface area is 154 Å². The summed E-state index contributed by atoms with van der Waals surface area (Å²) in [6.45, 7) is 8.77. The maximum Gasteiger partial charge on any atom is 0.241 e. The number of nitrogens with zero attached hydrogens (tertiary/aromatic N) is 1. The molecular formula is C18H25N3O4S. The first-order valence-electron chi connectivity index (χ1n) is 8.59. The van der Waals surface area contributed by atoms with Crippen LogP contribution in [-0.2, 0) is 21.2 Å². The second kappa shape index (κ2) is 8.01. The lowest BCUT2D eigenvalue weighted by atomic mass is 10.0. The van der Waals surface area contributed by atoms with Gasteiger partial charge in [0.25, 0.3) is 0 Å². The lowest BCUT2D eigenvalue weighted by Crippen LogP contribution is -2.32. The van der Waals surface area contributed by atoms with E-state index in [-0.39, 0.29) is 22.7 Å². The normalized spacial score (nSPS) is 12.8. The molecule has 1 aromatic carbocycles. The Bertz CT molecular complexity index is 903. The molecule has 7 nitrogen and oxygen atoms in total. The summed E-state index contributed by atoms with van der Waals surface area (Å²) in [4.78, 5) is 11.6. The van der Waals surface area contributed by atoms with Crippen molar-refractivity contribution in [2.24, 2.45) is 0 Å². The van der Waals surface area contributed by atoms with Crippen molar-refractivity contribution in [3.63, 3.8) is 0 Å². The van der Waals surface area contributed by atoms with Crippen molar-refractivity contribution in [2.75, 3.05) is 5.32 Å². The van der Waals surface area contributed by atoms with E-state index in [0.29, 0.717) is 35.2 Å². The Balaban J connectivity index is 2.57. The summed E-state index contributed by atoms with van der Waals surface area (Å²) in [5, 5.41) is 6.59. The van der Waals surface area contributed by atoms with Crippen LogP contribution in [0.5, 0.6) is 0 Å². The van der Waals surface area contributed by atoms with Crippen LogP contribution < -0.4 is 10.0 Å². The number of anilines is 1. The van der Waals surface area contributed by atoms with Gasteiger partial charge >= 0.3 is 0 Å². The highest BCUT2D eigenvalue weighted by atomic mass is 32.2. The van der Waals surface area contributed by atoms with Crippen molar-refractivity contribution in [3.05, 3.63) is 29.5 Å². The summed E-state index contributed by atoms with van der Waals surface area (Å²) in [6.07, 6.45) is 1.27. The summed E-state index contributed by atoms with van der Waals surface area (Å²) in [5.74, 6) is -0.0696. The number of amides is 1. The van der Waals surface area contributed by atoms with Crippen molar-refractivity contribution < 1.29 is 17.7 Å². The quantitative estimate of drug-likeness (QED) is 0.769. The highest BCUT2D eigenvalue weighted by Gasteiger charge is 2.23. The molecule has 0 radical (unpaired) electrons. The Hall–Kier alpha value is -2.19. The molecule has 0 unspecified atom stereocenters. The summed E-state index contributed by atoms with van der Waals surface area (Å²) < 4.78 is 33.4. The first-order chi connectivity index (χ1) is 12.2. The lowest BCUT2D eigenvalue weighted by molar-refractivity contribution is -0.114. The molecule has 2 rings (SSSR count). The zero-order valence-corrected chi connectivity index (χ0v) is 16.5. The molecule has 8 heteroatoms. The van der Waals surface area contributed by atoms with Gasteiger partial charge in [0.05, 0.1) is 16.2 Å². The van der Waals surface area contributed by atoms with Crippen LogP contribution >= 0.6 is 0 Å². The minimum atomic E-state index is -3.66. The average molecular weight is 379 g/mol. The van der Waals surface area contributed by atoms with Crippen LogP contribution in [-0.4, -0.2) is 25.5 Å². The molecule has 142 valence electrons. The monoisotopic (exact) mass is 379 g/mol. The fourth-order valence-electron chi connectivity index (χ4n) is 2.56. The summed E-state index contributed by atoms with van der Waals surface area (Å²) in [5.41, 5.74) is 2.51. The number of rotatable bonds is 7. The van der Waals surface area contributed by atoms with Crippen LogP contribution in [0.1, 0.15) is 45.4 Å². The van der Waals surface area contributed by atoms with Gasteiger partial charge in [-0.1, -0.05) is 31.1 Å². The molecule has 0 aliphatic carbocycles. The largest absolute Gasteiger partial charge is 0.337 e. The van der Waals surface area contributed by atoms with Crippen molar-refractivity contribution in [1.29, 1.82) is 0 Å². The third kappa shape index (κ3) is 4.31. The topological polar surface area (TPSA) is 101 Å². The number of benzene rings is 1. The smallest absolute Gasteiger partial charge is 0.241 e. The first kappa shape index (κ1) is 20.1. The molecule has 0 aliphatic heterocycles. The maximum atomic E-state index is 12.7. The Morgan fingerprint density at radius 3 is 2.58 bits per heavy atom. The molecule has 1 amide bonds. The predicted molar refractivity (Wildman–Crippen MR) is 100 cm³/mol. The minimum absolute atomic E-state index is 0.167. The maximum absolute atomic E-state index is 12.7. The van der Waals surface area contributed by atoms with Crippen LogP contribution in [0.3, 0.4) is 0 Å². The SMILES string of the molecule is CCc1noc(NC(C)=O)c1-c1ccc(C)c(S(=O)(=O)N[C@H](C)CC)c1. The highest BCUT2D eigenvalue weighted by Crippen LogP contribution is 2.34. The van der Waals surface area contributed by atoms with Gasteiger partial charge in [-0.3, -0.25) is 10.1 Å². The van der Waals surface area contributed by atoms with E-state index < -0.39 is 10.0 Å². The van der Waals surface area contributed by atoms with Gasteiger partial charge in [0.15, 0.2) is 0 Å². The predicted octanol–water partition coefficient (Wildman–Crippen LogP) is 3.25. The molecule has 1 heterocycles. The lowest BCUT2D eigenvalue weighted by Gasteiger charge is -2.15. The standard InChI is InChI=1S/C18H25N3O4S/c1-6-12(4)21-26(23,24)16-10-14(9-8-11(16)3)17-15(7-2)20-25-18(17)19-13(5)22/h8-10,12,21H,6-7H2,1-5H3,(H,19,22)/t12-/m1/s1. The van der Waals surface area contributed by atoms with Gasteiger partial charge in [-0.2, -0.15) is 0 Å². The molecule has 2 aromatic rings. The minimum Gasteiger partial charge on any atom is -0.337 e. The summed E-state index contributed by atoms with van der Waals surface area (Å²) in [7, 11) is -3.66. The van der Waals surface area contributed by atoms with Crippen LogP contribution in [0.4, 0.5) is 5.88 Å². The number of carbonyl (C=O) groups is 1. The Morgan fingerprint density at radius 1 is 1.31 bits per heavy atom. The van der Waals surface area contributed by atoms with Crippen LogP contribution in [0.25, 0.3) is 11.1 Å². The van der Waals surface area contributed by atoms with E-state index in [0.717, 1.165) is 0 Å². The molecule has 26 heavy (non-hydrogen) atoms. The molecule has 0 saturated heterocycles. The Morgan fingerprint density at radius 2 is 2.00 bits per heavy atom. The van der Waals surface area contributed by atoms with E-state index in [1.807, 2.05) is 20.8 Å². The number of aromatic nitrogens is 1. The second-order valence-corrected chi connectivity index (χ2v) is 7.96. The van der Waals surface area contributed by atoms with E-state index in [2.05, 4.69) is 15.2 Å². The molecule has 1 aromatic heterocycles. The second-order valence-electron chi connectivity index (χ2n) is 6.28. The molecule has 0 saturated carbocycles. The first-order valence-corrected chi connectivity index (χ1v) is 10.1. The number of nitrogens with one attached hydrogen (secondary N) is 2. The molecule has 0 spiro atoms. The number of hydrogen-bond donors (Lipinski definition) is 2. The van der Waals surface area contributed by atoms with E-state index in [4.69, 9.17) is 4.52 Å². The van der Waals surface area contributed by atoms with Crippen molar-refractivity contribution >= 4 is 21.8 Å². The van der Waals surface area contributed by atoms with Crippen molar-refractivity contribution in [1.82, 2.24) is 9.88 Å². The molecular weight excluding hydrogens is 354 g/mol. The fraction of sp³-hybridized carbons (Fsp3) is 0.444. The number of sulfonamides is 1. The van der Waals surface area contributed by atoms with Gasteiger partial charge in [-0.15, -0.1) is 0 Å². The van der Waals surface area contributed by atoms with Crippen LogP contribution in [0, 0.1) is 6.92 Å². The van der Waals surface area contributed by atoms with Gasteiger partial charge in [0.2, 0.25) is 21.8 Å². The van der Waals surface area contributed by atoms with Crippen LogP contribution in [0.15, 0.2) is 27.6 Å². The molecule has 2 N–H and O–H groups in total. The summed E-state index contributed by atoms with van der Waals surface area (Å²) in [6, 6.07) is 4.97. The van der Waals surface area contributed by atoms with Gasteiger partial charge in [0.1, 0.15) is 0 Å². The highest BCUT2D eigenvalue weighted by molar-refractivity contribution is 7.89. The number of aryl methyl sites for hydroxylation is 2. The molecule has 0 bridgehead atoms. The molecule has 0 aliphatic rings. The van der Waals surface area contributed by atoms with Gasteiger partial charge in [-0.25, -0.2) is 13.1 Å². The zero-order valence-electron chi connectivity index (χ0n) is 15.7. The third-order valence-electron chi connectivity index (χ3n) is 4.12. The van der Waals surface area contributed by atoms with E-state index >= 15 is 0 Å². The average Bonchev–Trinajstić information content (AvgIpc) is 2.96. The Kier molecular flexibility index (Phi) is 6.20. The molecule has 0 fully saturated rings. The van der Waals surface area contributed by atoms with Crippen LogP contribution in [0.2, 0.25) is 0 Å². The number of carbonyl (C=O) groups excluding carboxylic acids is 1. The number of hydrogen-bond acceptors (Lipinski definition) is 5. The fourth-order valence-corrected chi connectivity index (χ4v) is 4.16. The van der Waals surface area contributed by atoms with Gasteiger partial charge in [-0.05, 0) is 43.9 Å². The third-order valence-corrected chi connectivity index (χ3v) is 5.85. The van der Waals surface area contributed by atoms with E-state index in [9.17, 15) is 13.2 Å². The van der Waals surface area contributed by atoms with Gasteiger partial charge < -0.3 is 4.52 Å². The van der Waals surface area contributed by atoms with Gasteiger partial charge in [0, 0.05) is 13.0 Å². The van der Waals surface area contributed by atoms with E-state index in [1.165, 1.54) is 6.92 Å². The zero-order chi connectivity index (χ0) is 19.5. The van der Waals surface area contributed by atoms with E-state index in [1.54, 1.807) is 25.1 Å². The molecule has 1 atom stereocenters. The summed E-state index contributed by atoms with van der Waals surface area (Å²) >= 11 is 0.